The van der Waals surface area contributed by atoms with Crippen LogP contribution in [0.15, 0.2) is 61.1 Å². The Morgan fingerprint density at radius 3 is 2.81 bits per heavy atom. The molecule has 27 heavy (non-hydrogen) atoms. The monoisotopic (exact) mass is 358 g/mol. The largest absolute Gasteiger partial charge is 0.293 e. The second kappa shape index (κ2) is 6.35. The van der Waals surface area contributed by atoms with E-state index < -0.39 is 0 Å². The van der Waals surface area contributed by atoms with Crippen LogP contribution in [0.4, 0.5) is 5.95 Å². The first-order chi connectivity index (χ1) is 13.3. The summed E-state index contributed by atoms with van der Waals surface area (Å²) >= 11 is 0. The molecule has 0 radical (unpaired) electrons. The lowest BCUT2D eigenvalue weighted by atomic mass is 10.1. The molecule has 0 saturated heterocycles. The van der Waals surface area contributed by atoms with Crippen molar-refractivity contribution in [2.75, 3.05) is 5.32 Å². The van der Waals surface area contributed by atoms with E-state index in [-0.39, 0.29) is 11.8 Å². The van der Waals surface area contributed by atoms with Gasteiger partial charge in [0.1, 0.15) is 0 Å². The van der Waals surface area contributed by atoms with Gasteiger partial charge < -0.3 is 0 Å². The van der Waals surface area contributed by atoms with E-state index >= 15 is 0 Å². The molecule has 0 unspecified atom stereocenters. The number of amides is 1. The average molecular weight is 358 g/mol. The maximum Gasteiger partial charge on any atom is 0.249 e. The second-order valence-electron chi connectivity index (χ2n) is 6.80. The highest BCUT2D eigenvalue weighted by Crippen LogP contribution is 2.30. The molecule has 7 nitrogen and oxygen atoms in total. The minimum absolute atomic E-state index is 0.00290. The Labute approximate surface area is 155 Å². The number of nitrogens with zero attached hydrogens (tertiary/aromatic N) is 5. The Hall–Kier alpha value is -3.48. The minimum Gasteiger partial charge on any atom is -0.293 e. The van der Waals surface area contributed by atoms with Crippen LogP contribution in [0.3, 0.4) is 0 Å². The Kier molecular flexibility index (Phi) is 3.71. The second-order valence-corrected chi connectivity index (χ2v) is 6.80. The third-order valence-corrected chi connectivity index (χ3v) is 4.68. The summed E-state index contributed by atoms with van der Waals surface area (Å²) < 4.78 is 3.59. The summed E-state index contributed by atoms with van der Waals surface area (Å²) in [5.74, 6) is 0.464. The summed E-state index contributed by atoms with van der Waals surface area (Å²) in [5, 5.41) is 11.6. The SMILES string of the molecule is O=C(Nc1nc2c(-c3cnn(Cc4ccccc4)c3)cccn2n1)C1CC1. The zero-order valence-electron chi connectivity index (χ0n) is 14.6. The first-order valence-corrected chi connectivity index (χ1v) is 8.99. The van der Waals surface area contributed by atoms with E-state index in [9.17, 15) is 4.79 Å². The molecule has 4 aromatic rings. The highest BCUT2D eigenvalue weighted by atomic mass is 16.2. The predicted octanol–water partition coefficient (Wildman–Crippen LogP) is 2.99. The van der Waals surface area contributed by atoms with Gasteiger partial charge in [-0.1, -0.05) is 30.3 Å². The zero-order valence-corrected chi connectivity index (χ0v) is 14.6. The molecule has 1 amide bonds. The van der Waals surface area contributed by atoms with Gasteiger partial charge in [-0.05, 0) is 30.5 Å². The molecule has 1 N–H and O–H groups in total. The fraction of sp³-hybridized carbons (Fsp3) is 0.200. The zero-order chi connectivity index (χ0) is 18.2. The summed E-state index contributed by atoms with van der Waals surface area (Å²) in [5.41, 5.74) is 3.78. The van der Waals surface area contributed by atoms with E-state index in [4.69, 9.17) is 0 Å². The molecule has 7 heteroatoms. The van der Waals surface area contributed by atoms with E-state index in [2.05, 4.69) is 32.6 Å². The van der Waals surface area contributed by atoms with Crippen LogP contribution >= 0.6 is 0 Å². The third-order valence-electron chi connectivity index (χ3n) is 4.68. The lowest BCUT2D eigenvalue weighted by molar-refractivity contribution is -0.117. The Morgan fingerprint density at radius 1 is 1.15 bits per heavy atom. The fourth-order valence-electron chi connectivity index (χ4n) is 3.10. The van der Waals surface area contributed by atoms with Gasteiger partial charge in [0.15, 0.2) is 5.65 Å². The van der Waals surface area contributed by atoms with Gasteiger partial charge in [0, 0.05) is 29.4 Å². The van der Waals surface area contributed by atoms with Crippen molar-refractivity contribution in [3.05, 3.63) is 66.6 Å². The van der Waals surface area contributed by atoms with Gasteiger partial charge in [-0.3, -0.25) is 14.8 Å². The molecule has 1 aliphatic carbocycles. The van der Waals surface area contributed by atoms with E-state index in [1.165, 1.54) is 5.56 Å². The van der Waals surface area contributed by atoms with Crippen LogP contribution in [0.1, 0.15) is 18.4 Å². The first kappa shape index (κ1) is 15.7. The van der Waals surface area contributed by atoms with Crippen molar-refractivity contribution in [3.8, 4) is 11.1 Å². The Balaban J connectivity index is 1.44. The molecule has 1 aliphatic rings. The van der Waals surface area contributed by atoms with Gasteiger partial charge in [0.05, 0.1) is 12.7 Å². The molecule has 1 saturated carbocycles. The summed E-state index contributed by atoms with van der Waals surface area (Å²) in [7, 11) is 0. The predicted molar refractivity (Wildman–Crippen MR) is 101 cm³/mol. The normalized spacial score (nSPS) is 13.8. The molecule has 134 valence electrons. The summed E-state index contributed by atoms with van der Waals surface area (Å²) in [6, 6.07) is 14.1. The Morgan fingerprint density at radius 2 is 2.00 bits per heavy atom. The molecule has 0 aliphatic heterocycles. The fourth-order valence-corrected chi connectivity index (χ4v) is 3.10. The number of hydrogen-bond donors (Lipinski definition) is 1. The summed E-state index contributed by atoms with van der Waals surface area (Å²) in [6.07, 6.45) is 7.55. The standard InChI is InChI=1S/C20H18N6O/c27-19(15-8-9-15)23-20-22-18-17(7-4-10-26(18)24-20)16-11-21-25(13-16)12-14-5-2-1-3-6-14/h1-7,10-11,13,15H,8-9,12H2,(H,23,24,27). The minimum atomic E-state index is 0.00290. The van der Waals surface area contributed by atoms with Crippen molar-refractivity contribution >= 4 is 17.5 Å². The van der Waals surface area contributed by atoms with Gasteiger partial charge in [-0.25, -0.2) is 4.52 Å². The van der Waals surface area contributed by atoms with Crippen molar-refractivity contribution in [1.82, 2.24) is 24.4 Å². The number of anilines is 1. The number of nitrogens with one attached hydrogen (secondary N) is 1. The van der Waals surface area contributed by atoms with Crippen LogP contribution < -0.4 is 5.32 Å². The molecule has 1 aromatic carbocycles. The van der Waals surface area contributed by atoms with Crippen molar-refractivity contribution in [3.63, 3.8) is 0 Å². The molecular formula is C20H18N6O. The van der Waals surface area contributed by atoms with E-state index in [0.29, 0.717) is 18.1 Å². The maximum atomic E-state index is 12.0. The highest BCUT2D eigenvalue weighted by Gasteiger charge is 2.30. The third kappa shape index (κ3) is 3.19. The van der Waals surface area contributed by atoms with Crippen molar-refractivity contribution < 1.29 is 4.79 Å². The molecular weight excluding hydrogens is 340 g/mol. The number of hydrogen-bond acceptors (Lipinski definition) is 4. The molecule has 3 heterocycles. The van der Waals surface area contributed by atoms with Crippen LogP contribution in [0.5, 0.6) is 0 Å². The number of benzene rings is 1. The van der Waals surface area contributed by atoms with E-state index in [0.717, 1.165) is 24.0 Å². The van der Waals surface area contributed by atoms with E-state index in [1.807, 2.05) is 53.6 Å². The van der Waals surface area contributed by atoms with Crippen LogP contribution in [-0.2, 0) is 11.3 Å². The van der Waals surface area contributed by atoms with Gasteiger partial charge in [0.25, 0.3) is 0 Å². The summed E-state index contributed by atoms with van der Waals surface area (Å²) in [6.45, 7) is 0.708. The van der Waals surface area contributed by atoms with Gasteiger partial charge >= 0.3 is 0 Å². The Bertz CT molecular complexity index is 1110. The number of aromatic nitrogens is 5. The molecule has 5 rings (SSSR count). The van der Waals surface area contributed by atoms with Crippen molar-refractivity contribution in [1.29, 1.82) is 0 Å². The molecule has 0 bridgehead atoms. The number of fused-ring (bicyclic) bond motifs is 1. The highest BCUT2D eigenvalue weighted by molar-refractivity contribution is 5.93. The van der Waals surface area contributed by atoms with Crippen LogP contribution in [-0.4, -0.2) is 30.3 Å². The number of rotatable bonds is 5. The van der Waals surface area contributed by atoms with Gasteiger partial charge in [-0.15, -0.1) is 5.10 Å². The molecule has 0 spiro atoms. The number of pyridine rings is 1. The average Bonchev–Trinajstić information content (AvgIpc) is 3.31. The van der Waals surface area contributed by atoms with Crippen molar-refractivity contribution in [2.24, 2.45) is 5.92 Å². The molecule has 1 fully saturated rings. The maximum absolute atomic E-state index is 12.0. The number of carbonyl (C=O) groups is 1. The lowest BCUT2D eigenvalue weighted by Crippen LogP contribution is -2.14. The smallest absolute Gasteiger partial charge is 0.249 e. The van der Waals surface area contributed by atoms with Crippen LogP contribution in [0.2, 0.25) is 0 Å². The molecule has 3 aromatic heterocycles. The van der Waals surface area contributed by atoms with Crippen LogP contribution in [0, 0.1) is 5.92 Å². The molecule has 0 atom stereocenters. The van der Waals surface area contributed by atoms with Crippen molar-refractivity contribution in [2.45, 2.75) is 19.4 Å². The summed E-state index contributed by atoms with van der Waals surface area (Å²) in [4.78, 5) is 16.5. The first-order valence-electron chi connectivity index (χ1n) is 8.99. The van der Waals surface area contributed by atoms with Crippen LogP contribution in [0.25, 0.3) is 16.8 Å². The van der Waals surface area contributed by atoms with E-state index in [1.54, 1.807) is 4.52 Å². The topological polar surface area (TPSA) is 77.1 Å². The quantitative estimate of drug-likeness (QED) is 0.595. The van der Waals surface area contributed by atoms with Gasteiger partial charge in [0.2, 0.25) is 11.9 Å². The lowest BCUT2D eigenvalue weighted by Gasteiger charge is -2.01. The van der Waals surface area contributed by atoms with Gasteiger partial charge in [-0.2, -0.15) is 10.1 Å². The number of carbonyl (C=O) groups excluding carboxylic acids is 1.